The monoisotopic (exact) mass is 483 g/mol. The lowest BCUT2D eigenvalue weighted by molar-refractivity contribution is -0.118. The molecule has 2 amide bonds. The molecule has 0 atom stereocenters. The Kier molecular flexibility index (Phi) is 7.12. The number of alkyl halides is 1. The minimum Gasteiger partial charge on any atom is -0.378 e. The van der Waals surface area contributed by atoms with Gasteiger partial charge in [-0.3, -0.25) is 9.59 Å². The Balaban J connectivity index is 1.71. The summed E-state index contributed by atoms with van der Waals surface area (Å²) in [6.07, 6.45) is 4.29. The van der Waals surface area contributed by atoms with Crippen molar-refractivity contribution in [2.75, 3.05) is 47.5 Å². The number of anilines is 2. The number of hydrogen-bond acceptors (Lipinski definition) is 4. The number of rotatable bonds is 6. The van der Waals surface area contributed by atoms with Crippen molar-refractivity contribution in [3.8, 4) is 0 Å². The molecule has 2 aliphatic rings. The highest BCUT2D eigenvalue weighted by Gasteiger charge is 2.28. The van der Waals surface area contributed by atoms with Crippen LogP contribution in [0.5, 0.6) is 0 Å². The molecule has 0 bridgehead atoms. The number of halogens is 1. The Morgan fingerprint density at radius 3 is 2.74 bits per heavy atom. The highest BCUT2D eigenvalue weighted by Crippen LogP contribution is 2.28. The lowest BCUT2D eigenvalue weighted by atomic mass is 10.1. The zero-order valence-corrected chi connectivity index (χ0v) is 17.8. The Labute approximate surface area is 174 Å². The van der Waals surface area contributed by atoms with E-state index in [1.165, 1.54) is 0 Å². The van der Waals surface area contributed by atoms with Gasteiger partial charge >= 0.3 is 0 Å². The Morgan fingerprint density at radius 1 is 1.26 bits per heavy atom. The maximum Gasteiger partial charge on any atom is 0.274 e. The molecular formula is C20H26IN3O3. The second kappa shape index (κ2) is 9.54. The van der Waals surface area contributed by atoms with Gasteiger partial charge in [0.05, 0.1) is 18.9 Å². The maximum absolute atomic E-state index is 13.1. The second-order valence-electron chi connectivity index (χ2n) is 6.78. The van der Waals surface area contributed by atoms with Crippen molar-refractivity contribution in [2.24, 2.45) is 0 Å². The maximum atomic E-state index is 13.1. The predicted molar refractivity (Wildman–Crippen MR) is 115 cm³/mol. The second-order valence-corrected chi connectivity index (χ2v) is 7.85. The molecule has 1 aromatic rings. The lowest BCUT2D eigenvalue weighted by Crippen LogP contribution is -2.45. The largest absolute Gasteiger partial charge is 0.378 e. The first-order chi connectivity index (χ1) is 13.1. The summed E-state index contributed by atoms with van der Waals surface area (Å²) in [7, 11) is 0. The van der Waals surface area contributed by atoms with E-state index in [2.05, 4.69) is 32.8 Å². The summed E-state index contributed by atoms with van der Waals surface area (Å²) in [6.45, 7) is 5.50. The fourth-order valence-electron chi connectivity index (χ4n) is 3.44. The fourth-order valence-corrected chi connectivity index (χ4v) is 3.82. The summed E-state index contributed by atoms with van der Waals surface area (Å²) < 4.78 is 6.37. The molecule has 27 heavy (non-hydrogen) atoms. The minimum absolute atomic E-state index is 0.0328. The van der Waals surface area contributed by atoms with Gasteiger partial charge in [-0.05, 0) is 43.5 Å². The SMILES string of the molecule is Cc1cc(NC(=O)CCCI)ccc1N1CCC=C(N2CCOCC2)C1=O. The van der Waals surface area contributed by atoms with Crippen LogP contribution in [0.4, 0.5) is 11.4 Å². The van der Waals surface area contributed by atoms with Gasteiger partial charge in [0, 0.05) is 41.9 Å². The smallest absolute Gasteiger partial charge is 0.274 e. The molecule has 1 fully saturated rings. The van der Waals surface area contributed by atoms with E-state index in [4.69, 9.17) is 4.74 Å². The standard InChI is InChI=1S/C20H26IN3O3/c1-15-14-16(22-19(25)5-2-8-21)6-7-17(15)24-9-3-4-18(20(24)26)23-10-12-27-13-11-23/h4,6-7,14H,2-3,5,8-13H2,1H3,(H,22,25). The number of nitrogens with zero attached hydrogens (tertiary/aromatic N) is 2. The summed E-state index contributed by atoms with van der Waals surface area (Å²) in [5, 5.41) is 2.94. The van der Waals surface area contributed by atoms with Crippen molar-refractivity contribution in [3.63, 3.8) is 0 Å². The van der Waals surface area contributed by atoms with Gasteiger partial charge in [0.2, 0.25) is 5.91 Å². The molecule has 0 radical (unpaired) electrons. The zero-order valence-electron chi connectivity index (χ0n) is 15.7. The Hall–Kier alpha value is -1.61. The molecule has 2 aliphatic heterocycles. The van der Waals surface area contributed by atoms with Gasteiger partial charge in [-0.15, -0.1) is 0 Å². The fraction of sp³-hybridized carbons (Fsp3) is 0.500. The molecule has 0 unspecified atom stereocenters. The van der Waals surface area contributed by atoms with Crippen molar-refractivity contribution >= 4 is 45.8 Å². The number of hydrogen-bond donors (Lipinski definition) is 1. The van der Waals surface area contributed by atoms with E-state index in [1.54, 1.807) is 0 Å². The van der Waals surface area contributed by atoms with Gasteiger partial charge in [-0.1, -0.05) is 28.7 Å². The van der Waals surface area contributed by atoms with Gasteiger partial charge in [-0.25, -0.2) is 0 Å². The van der Waals surface area contributed by atoms with E-state index in [0.29, 0.717) is 26.2 Å². The number of aryl methyl sites for hydroxylation is 1. The summed E-state index contributed by atoms with van der Waals surface area (Å²) in [5.41, 5.74) is 3.45. The Morgan fingerprint density at radius 2 is 2.04 bits per heavy atom. The highest BCUT2D eigenvalue weighted by atomic mass is 127. The number of ether oxygens (including phenoxy) is 1. The van der Waals surface area contributed by atoms with E-state index >= 15 is 0 Å². The average molecular weight is 483 g/mol. The van der Waals surface area contributed by atoms with E-state index in [-0.39, 0.29) is 11.8 Å². The van der Waals surface area contributed by atoms with Crippen LogP contribution in [0.2, 0.25) is 0 Å². The van der Waals surface area contributed by atoms with Crippen LogP contribution in [-0.4, -0.2) is 54.0 Å². The third-order valence-corrected chi connectivity index (χ3v) is 5.58. The third kappa shape index (κ3) is 5.01. The highest BCUT2D eigenvalue weighted by molar-refractivity contribution is 14.1. The van der Waals surface area contributed by atoms with E-state index in [1.807, 2.05) is 36.1 Å². The number of carbonyl (C=O) groups excluding carboxylic acids is 2. The van der Waals surface area contributed by atoms with Gasteiger partial charge in [0.15, 0.2) is 0 Å². The molecule has 1 saturated heterocycles. The summed E-state index contributed by atoms with van der Waals surface area (Å²) >= 11 is 2.27. The zero-order chi connectivity index (χ0) is 19.2. The predicted octanol–water partition coefficient (Wildman–Crippen LogP) is 3.10. The van der Waals surface area contributed by atoms with Crippen LogP contribution in [0.15, 0.2) is 30.0 Å². The molecule has 1 aromatic carbocycles. The van der Waals surface area contributed by atoms with Crippen LogP contribution in [0.3, 0.4) is 0 Å². The normalized spacial score (nSPS) is 17.7. The van der Waals surface area contributed by atoms with E-state index in [9.17, 15) is 9.59 Å². The first-order valence-electron chi connectivity index (χ1n) is 9.41. The van der Waals surface area contributed by atoms with Crippen LogP contribution >= 0.6 is 22.6 Å². The molecule has 1 N–H and O–H groups in total. The van der Waals surface area contributed by atoms with Gasteiger partial charge in [0.1, 0.15) is 0 Å². The molecule has 7 heteroatoms. The molecule has 3 rings (SSSR count). The van der Waals surface area contributed by atoms with E-state index < -0.39 is 0 Å². The molecule has 0 spiro atoms. The lowest BCUT2D eigenvalue weighted by Gasteiger charge is -2.36. The van der Waals surface area contributed by atoms with Crippen LogP contribution in [0.25, 0.3) is 0 Å². The third-order valence-electron chi connectivity index (χ3n) is 4.82. The Bertz CT molecular complexity index is 729. The van der Waals surface area contributed by atoms with Crippen molar-refractivity contribution < 1.29 is 14.3 Å². The number of carbonyl (C=O) groups is 2. The minimum atomic E-state index is 0.0328. The quantitative estimate of drug-likeness (QED) is 0.499. The average Bonchev–Trinajstić information content (AvgIpc) is 2.68. The van der Waals surface area contributed by atoms with Gasteiger partial charge in [0.25, 0.3) is 5.91 Å². The molecular weight excluding hydrogens is 457 g/mol. The topological polar surface area (TPSA) is 61.9 Å². The first kappa shape index (κ1) is 20.1. The summed E-state index contributed by atoms with van der Waals surface area (Å²) in [6, 6.07) is 5.75. The van der Waals surface area contributed by atoms with Crippen LogP contribution in [-0.2, 0) is 14.3 Å². The van der Waals surface area contributed by atoms with Gasteiger partial charge < -0.3 is 19.9 Å². The van der Waals surface area contributed by atoms with Crippen molar-refractivity contribution in [1.82, 2.24) is 4.90 Å². The summed E-state index contributed by atoms with van der Waals surface area (Å²) in [5.74, 6) is 0.0792. The van der Waals surface area contributed by atoms with Crippen molar-refractivity contribution in [1.29, 1.82) is 0 Å². The van der Waals surface area contributed by atoms with E-state index in [0.717, 1.165) is 53.0 Å². The first-order valence-corrected chi connectivity index (χ1v) is 10.9. The van der Waals surface area contributed by atoms with Crippen molar-refractivity contribution in [3.05, 3.63) is 35.5 Å². The van der Waals surface area contributed by atoms with Crippen LogP contribution < -0.4 is 10.2 Å². The van der Waals surface area contributed by atoms with Crippen molar-refractivity contribution in [2.45, 2.75) is 26.2 Å². The number of nitrogens with one attached hydrogen (secondary N) is 1. The molecule has 2 heterocycles. The summed E-state index contributed by atoms with van der Waals surface area (Å²) in [4.78, 5) is 29.0. The molecule has 0 aliphatic carbocycles. The molecule has 0 aromatic heterocycles. The molecule has 0 saturated carbocycles. The molecule has 6 nitrogen and oxygen atoms in total. The number of benzene rings is 1. The van der Waals surface area contributed by atoms with Crippen LogP contribution in [0.1, 0.15) is 24.8 Å². The number of amides is 2. The molecule has 146 valence electrons. The number of morpholine rings is 1. The van der Waals surface area contributed by atoms with Crippen LogP contribution in [0, 0.1) is 6.92 Å². The van der Waals surface area contributed by atoms with Gasteiger partial charge in [-0.2, -0.15) is 0 Å².